The topological polar surface area (TPSA) is 75.3 Å². The summed E-state index contributed by atoms with van der Waals surface area (Å²) in [5.41, 5.74) is 8.86. The van der Waals surface area contributed by atoms with Crippen LogP contribution in [0.1, 0.15) is 16.7 Å². The highest BCUT2D eigenvalue weighted by molar-refractivity contribution is 5.80. The van der Waals surface area contributed by atoms with E-state index in [1.165, 1.54) is 16.7 Å². The van der Waals surface area contributed by atoms with Gasteiger partial charge in [-0.1, -0.05) is 18.2 Å². The third-order valence-corrected chi connectivity index (χ3v) is 2.81. The Labute approximate surface area is 102 Å². The molecule has 94 valence electrons. The SMILES string of the molecule is Cc1ccc(CCNC(=O)C(O)CN)cc1C. The molecule has 0 saturated heterocycles. The molecule has 0 heterocycles. The van der Waals surface area contributed by atoms with Gasteiger partial charge in [-0.3, -0.25) is 4.79 Å². The van der Waals surface area contributed by atoms with Gasteiger partial charge in [-0.2, -0.15) is 0 Å². The highest BCUT2D eigenvalue weighted by Gasteiger charge is 2.11. The molecule has 17 heavy (non-hydrogen) atoms. The van der Waals surface area contributed by atoms with Crippen molar-refractivity contribution in [1.82, 2.24) is 5.32 Å². The number of hydrogen-bond donors (Lipinski definition) is 3. The molecule has 0 fully saturated rings. The Morgan fingerprint density at radius 3 is 2.71 bits per heavy atom. The molecule has 1 rings (SSSR count). The summed E-state index contributed by atoms with van der Waals surface area (Å²) in [6.45, 7) is 4.60. The quantitative estimate of drug-likeness (QED) is 0.687. The molecule has 4 nitrogen and oxygen atoms in total. The fraction of sp³-hybridized carbons (Fsp3) is 0.462. The van der Waals surface area contributed by atoms with Crippen LogP contribution in [-0.4, -0.2) is 30.2 Å². The fourth-order valence-corrected chi connectivity index (χ4v) is 1.51. The zero-order valence-electron chi connectivity index (χ0n) is 10.4. The lowest BCUT2D eigenvalue weighted by Gasteiger charge is -2.09. The molecule has 0 bridgehead atoms. The first kappa shape index (κ1) is 13.7. The maximum atomic E-state index is 11.2. The number of carbonyl (C=O) groups is 1. The minimum absolute atomic E-state index is 0.0462. The molecule has 0 spiro atoms. The summed E-state index contributed by atoms with van der Waals surface area (Å²) >= 11 is 0. The molecule has 0 aliphatic rings. The summed E-state index contributed by atoms with van der Waals surface area (Å²) in [6, 6.07) is 6.23. The van der Waals surface area contributed by atoms with Gasteiger partial charge in [-0.25, -0.2) is 0 Å². The zero-order chi connectivity index (χ0) is 12.8. The number of carbonyl (C=O) groups excluding carboxylic acids is 1. The second kappa shape index (κ2) is 6.37. The van der Waals surface area contributed by atoms with Crippen LogP contribution in [0.3, 0.4) is 0 Å². The van der Waals surface area contributed by atoms with Gasteiger partial charge in [0.1, 0.15) is 6.10 Å². The first-order chi connectivity index (χ1) is 8.04. The Kier molecular flexibility index (Phi) is 5.12. The van der Waals surface area contributed by atoms with Crippen LogP contribution in [0.4, 0.5) is 0 Å². The maximum absolute atomic E-state index is 11.2. The number of rotatable bonds is 5. The van der Waals surface area contributed by atoms with Crippen molar-refractivity contribution in [3.63, 3.8) is 0 Å². The van der Waals surface area contributed by atoms with Gasteiger partial charge in [-0.05, 0) is 37.0 Å². The lowest BCUT2D eigenvalue weighted by molar-refractivity contribution is -0.128. The molecule has 1 aromatic rings. The van der Waals surface area contributed by atoms with Crippen LogP contribution in [0.25, 0.3) is 0 Å². The van der Waals surface area contributed by atoms with Crippen molar-refractivity contribution < 1.29 is 9.90 Å². The van der Waals surface area contributed by atoms with E-state index in [0.717, 1.165) is 6.42 Å². The molecular formula is C13H20N2O2. The van der Waals surface area contributed by atoms with Crippen LogP contribution in [0, 0.1) is 13.8 Å². The monoisotopic (exact) mass is 236 g/mol. The minimum Gasteiger partial charge on any atom is -0.382 e. The van der Waals surface area contributed by atoms with Crippen molar-refractivity contribution in [1.29, 1.82) is 0 Å². The van der Waals surface area contributed by atoms with E-state index in [1.807, 2.05) is 6.07 Å². The average Bonchev–Trinajstić information content (AvgIpc) is 2.32. The number of aliphatic hydroxyl groups is 1. The number of amides is 1. The van der Waals surface area contributed by atoms with Crippen LogP contribution < -0.4 is 11.1 Å². The lowest BCUT2D eigenvalue weighted by Crippen LogP contribution is -2.39. The molecule has 0 aliphatic carbocycles. The summed E-state index contributed by atoms with van der Waals surface area (Å²) in [7, 11) is 0. The first-order valence-electron chi connectivity index (χ1n) is 5.76. The van der Waals surface area contributed by atoms with E-state index in [0.29, 0.717) is 6.54 Å². The number of benzene rings is 1. The van der Waals surface area contributed by atoms with E-state index in [-0.39, 0.29) is 6.54 Å². The lowest BCUT2D eigenvalue weighted by atomic mass is 10.0. The number of nitrogens with one attached hydrogen (secondary N) is 1. The third kappa shape index (κ3) is 4.17. The first-order valence-corrected chi connectivity index (χ1v) is 5.76. The van der Waals surface area contributed by atoms with Crippen molar-refractivity contribution in [2.75, 3.05) is 13.1 Å². The molecule has 4 heteroatoms. The molecule has 4 N–H and O–H groups in total. The number of aliphatic hydroxyl groups excluding tert-OH is 1. The molecule has 0 radical (unpaired) electrons. The maximum Gasteiger partial charge on any atom is 0.250 e. The average molecular weight is 236 g/mol. The second-order valence-electron chi connectivity index (χ2n) is 4.21. The van der Waals surface area contributed by atoms with Gasteiger partial charge < -0.3 is 16.2 Å². The molecule has 1 aromatic carbocycles. The standard InChI is InChI=1S/C13H20N2O2/c1-9-3-4-11(7-10(9)2)5-6-15-13(17)12(16)8-14/h3-4,7,12,16H,5-6,8,14H2,1-2H3,(H,15,17). The molecule has 0 aliphatic heterocycles. The Morgan fingerprint density at radius 2 is 2.12 bits per heavy atom. The van der Waals surface area contributed by atoms with E-state index in [1.54, 1.807) is 0 Å². The number of nitrogens with two attached hydrogens (primary N) is 1. The highest BCUT2D eigenvalue weighted by Crippen LogP contribution is 2.09. The van der Waals surface area contributed by atoms with Crippen LogP contribution in [0.2, 0.25) is 0 Å². The fourth-order valence-electron chi connectivity index (χ4n) is 1.51. The van der Waals surface area contributed by atoms with E-state index >= 15 is 0 Å². The molecule has 0 saturated carbocycles. The van der Waals surface area contributed by atoms with Gasteiger partial charge in [0.2, 0.25) is 5.91 Å². The Bertz CT molecular complexity index is 391. The highest BCUT2D eigenvalue weighted by atomic mass is 16.3. The van der Waals surface area contributed by atoms with Crippen LogP contribution in [0.15, 0.2) is 18.2 Å². The summed E-state index contributed by atoms with van der Waals surface area (Å²) in [4.78, 5) is 11.2. The number of hydrogen-bond acceptors (Lipinski definition) is 3. The van der Waals surface area contributed by atoms with Crippen molar-refractivity contribution in [2.45, 2.75) is 26.4 Å². The second-order valence-corrected chi connectivity index (χ2v) is 4.21. The summed E-state index contributed by atoms with van der Waals surface area (Å²) in [6.07, 6.45) is -0.348. The molecule has 0 aromatic heterocycles. The zero-order valence-corrected chi connectivity index (χ0v) is 10.4. The van der Waals surface area contributed by atoms with E-state index in [9.17, 15) is 4.79 Å². The van der Waals surface area contributed by atoms with Gasteiger partial charge in [0.25, 0.3) is 0 Å². The van der Waals surface area contributed by atoms with Gasteiger partial charge in [-0.15, -0.1) is 0 Å². The van der Waals surface area contributed by atoms with E-state index < -0.39 is 12.0 Å². The predicted molar refractivity (Wildman–Crippen MR) is 67.7 cm³/mol. The Balaban J connectivity index is 2.41. The van der Waals surface area contributed by atoms with Crippen LogP contribution >= 0.6 is 0 Å². The van der Waals surface area contributed by atoms with Crippen molar-refractivity contribution >= 4 is 5.91 Å². The number of aryl methyl sites for hydroxylation is 2. The van der Waals surface area contributed by atoms with E-state index in [4.69, 9.17) is 10.8 Å². The Hall–Kier alpha value is -1.39. The normalized spacial score (nSPS) is 12.2. The van der Waals surface area contributed by atoms with Gasteiger partial charge in [0, 0.05) is 13.1 Å². The predicted octanol–water partition coefficient (Wildman–Crippen LogP) is 0.282. The van der Waals surface area contributed by atoms with Crippen molar-refractivity contribution in [3.05, 3.63) is 34.9 Å². The third-order valence-electron chi connectivity index (χ3n) is 2.81. The summed E-state index contributed by atoms with van der Waals surface area (Å²) in [5.74, 6) is -0.406. The van der Waals surface area contributed by atoms with Crippen molar-refractivity contribution in [3.8, 4) is 0 Å². The van der Waals surface area contributed by atoms with Gasteiger partial charge in [0.05, 0.1) is 0 Å². The largest absolute Gasteiger partial charge is 0.382 e. The smallest absolute Gasteiger partial charge is 0.250 e. The molecule has 1 unspecified atom stereocenters. The van der Waals surface area contributed by atoms with Crippen LogP contribution in [0.5, 0.6) is 0 Å². The van der Waals surface area contributed by atoms with Crippen molar-refractivity contribution in [2.24, 2.45) is 5.73 Å². The minimum atomic E-state index is -1.10. The van der Waals surface area contributed by atoms with Crippen LogP contribution in [-0.2, 0) is 11.2 Å². The Morgan fingerprint density at radius 1 is 1.41 bits per heavy atom. The molecular weight excluding hydrogens is 216 g/mol. The van der Waals surface area contributed by atoms with Gasteiger partial charge >= 0.3 is 0 Å². The molecule has 1 amide bonds. The summed E-state index contributed by atoms with van der Waals surface area (Å²) < 4.78 is 0. The molecule has 1 atom stereocenters. The van der Waals surface area contributed by atoms with Gasteiger partial charge in [0.15, 0.2) is 0 Å². The van der Waals surface area contributed by atoms with E-state index in [2.05, 4.69) is 31.3 Å². The summed E-state index contributed by atoms with van der Waals surface area (Å²) in [5, 5.41) is 11.8.